The van der Waals surface area contributed by atoms with Gasteiger partial charge in [0.25, 0.3) is 17.5 Å². The van der Waals surface area contributed by atoms with E-state index in [0.717, 1.165) is 16.1 Å². The average Bonchev–Trinajstić information content (AvgIpc) is 2.60. The fraction of sp³-hybridized carbons (Fsp3) is 0.125. The highest BCUT2D eigenvalue weighted by Gasteiger charge is 2.16. The molecule has 2 aromatic rings. The number of nitro groups is 1. The van der Waals surface area contributed by atoms with E-state index in [-0.39, 0.29) is 17.2 Å². The molecule has 2 rings (SSSR count). The quantitative estimate of drug-likeness (QED) is 0.546. The summed E-state index contributed by atoms with van der Waals surface area (Å²) in [5.74, 6) is -0.819. The van der Waals surface area contributed by atoms with Gasteiger partial charge in [0.15, 0.2) is 6.61 Å². The minimum atomic E-state index is -0.724. The van der Waals surface area contributed by atoms with Crippen molar-refractivity contribution >= 4 is 45.0 Å². The van der Waals surface area contributed by atoms with E-state index < -0.39 is 22.4 Å². The number of hydrazine groups is 1. The van der Waals surface area contributed by atoms with Crippen LogP contribution in [0.2, 0.25) is 5.02 Å². The van der Waals surface area contributed by atoms with Crippen LogP contribution in [0, 0.1) is 17.0 Å². The lowest BCUT2D eigenvalue weighted by Gasteiger charge is -2.10. The van der Waals surface area contributed by atoms with Crippen LogP contribution in [0.15, 0.2) is 40.9 Å². The van der Waals surface area contributed by atoms with Crippen molar-refractivity contribution in [1.29, 1.82) is 0 Å². The van der Waals surface area contributed by atoms with Crippen molar-refractivity contribution in [3.63, 3.8) is 0 Å². The molecule has 136 valence electrons. The first-order valence-electron chi connectivity index (χ1n) is 7.20. The van der Waals surface area contributed by atoms with Gasteiger partial charge in [0.05, 0.1) is 4.92 Å². The molecule has 0 radical (unpaired) electrons. The van der Waals surface area contributed by atoms with Gasteiger partial charge >= 0.3 is 0 Å². The smallest absolute Gasteiger partial charge is 0.288 e. The summed E-state index contributed by atoms with van der Waals surface area (Å²) in [5, 5.41) is 10.7. The largest absolute Gasteiger partial charge is 0.484 e. The maximum atomic E-state index is 12.0. The van der Waals surface area contributed by atoms with Crippen LogP contribution in [-0.2, 0) is 4.79 Å². The highest BCUT2D eigenvalue weighted by atomic mass is 79.9. The molecule has 0 unspecified atom stereocenters. The number of carbonyl (C=O) groups is 2. The number of hydrogen-bond acceptors (Lipinski definition) is 5. The molecule has 0 saturated carbocycles. The van der Waals surface area contributed by atoms with E-state index in [9.17, 15) is 19.7 Å². The Morgan fingerprint density at radius 3 is 2.62 bits per heavy atom. The molecule has 0 heterocycles. The predicted molar refractivity (Wildman–Crippen MR) is 98.1 cm³/mol. The lowest BCUT2D eigenvalue weighted by molar-refractivity contribution is -0.384. The zero-order valence-electron chi connectivity index (χ0n) is 13.4. The molecule has 2 amide bonds. The molecule has 0 aliphatic carbocycles. The number of carbonyl (C=O) groups excluding carboxylic acids is 2. The van der Waals surface area contributed by atoms with Crippen molar-refractivity contribution in [2.24, 2.45) is 0 Å². The summed E-state index contributed by atoms with van der Waals surface area (Å²) in [5.41, 5.74) is 4.83. The summed E-state index contributed by atoms with van der Waals surface area (Å²) in [6.07, 6.45) is 0. The minimum Gasteiger partial charge on any atom is -0.484 e. The SMILES string of the molecule is Cc1cc(OCC(=O)NNC(=O)c2ccc(Cl)c([N+](=O)[O-])c2)ccc1Br. The summed E-state index contributed by atoms with van der Waals surface area (Å²) in [6.45, 7) is 1.56. The third-order valence-corrected chi connectivity index (χ3v) is 4.43. The van der Waals surface area contributed by atoms with Crippen LogP contribution in [0.1, 0.15) is 15.9 Å². The van der Waals surface area contributed by atoms with E-state index in [1.165, 1.54) is 12.1 Å². The van der Waals surface area contributed by atoms with Gasteiger partial charge in [-0.25, -0.2) is 0 Å². The normalized spacial score (nSPS) is 10.1. The van der Waals surface area contributed by atoms with E-state index in [1.807, 2.05) is 6.92 Å². The second-order valence-corrected chi connectivity index (χ2v) is 6.39. The average molecular weight is 443 g/mol. The maximum Gasteiger partial charge on any atom is 0.288 e. The number of ether oxygens (including phenoxy) is 1. The van der Waals surface area contributed by atoms with Gasteiger partial charge in [-0.1, -0.05) is 27.5 Å². The second kappa shape index (κ2) is 8.63. The lowest BCUT2D eigenvalue weighted by atomic mass is 10.2. The van der Waals surface area contributed by atoms with Crippen LogP contribution < -0.4 is 15.6 Å². The van der Waals surface area contributed by atoms with Crippen molar-refractivity contribution in [1.82, 2.24) is 10.9 Å². The summed E-state index contributed by atoms with van der Waals surface area (Å²) in [7, 11) is 0. The number of halogens is 2. The highest BCUT2D eigenvalue weighted by molar-refractivity contribution is 9.10. The molecule has 8 nitrogen and oxygen atoms in total. The minimum absolute atomic E-state index is 0.0224. The molecule has 0 spiro atoms. The zero-order chi connectivity index (χ0) is 19.3. The Morgan fingerprint density at radius 1 is 1.23 bits per heavy atom. The van der Waals surface area contributed by atoms with E-state index in [1.54, 1.807) is 18.2 Å². The van der Waals surface area contributed by atoms with Crippen molar-refractivity contribution < 1.29 is 19.2 Å². The van der Waals surface area contributed by atoms with E-state index in [2.05, 4.69) is 26.8 Å². The van der Waals surface area contributed by atoms with Crippen LogP contribution in [0.3, 0.4) is 0 Å². The van der Waals surface area contributed by atoms with Gasteiger partial charge in [-0.15, -0.1) is 0 Å². The Bertz CT molecular complexity index is 875. The third-order valence-electron chi connectivity index (χ3n) is 3.22. The van der Waals surface area contributed by atoms with Gasteiger partial charge in [0, 0.05) is 16.1 Å². The number of nitrogens with one attached hydrogen (secondary N) is 2. The fourth-order valence-electron chi connectivity index (χ4n) is 1.88. The summed E-state index contributed by atoms with van der Waals surface area (Å²) >= 11 is 9.04. The Morgan fingerprint density at radius 2 is 1.96 bits per heavy atom. The van der Waals surface area contributed by atoms with Crippen LogP contribution in [0.4, 0.5) is 5.69 Å². The summed E-state index contributed by atoms with van der Waals surface area (Å²) in [6, 6.07) is 8.79. The maximum absolute atomic E-state index is 12.0. The number of aryl methyl sites for hydroxylation is 1. The number of rotatable bonds is 5. The van der Waals surface area contributed by atoms with Crippen LogP contribution in [0.5, 0.6) is 5.75 Å². The first-order valence-corrected chi connectivity index (χ1v) is 8.37. The Hall–Kier alpha value is -2.65. The second-order valence-electron chi connectivity index (χ2n) is 5.13. The highest BCUT2D eigenvalue weighted by Crippen LogP contribution is 2.25. The van der Waals surface area contributed by atoms with Gasteiger partial charge in [0.2, 0.25) is 0 Å². The van der Waals surface area contributed by atoms with Gasteiger partial charge in [-0.05, 0) is 42.8 Å². The number of hydrogen-bond donors (Lipinski definition) is 2. The molecule has 2 N–H and O–H groups in total. The molecule has 26 heavy (non-hydrogen) atoms. The predicted octanol–water partition coefficient (Wildman–Crippen LogP) is 3.16. The molecule has 0 aliphatic rings. The molecule has 0 saturated heterocycles. The molecule has 0 fully saturated rings. The third kappa shape index (κ3) is 5.17. The van der Waals surface area contributed by atoms with Crippen LogP contribution >= 0.6 is 27.5 Å². The Balaban J connectivity index is 1.88. The van der Waals surface area contributed by atoms with Crippen molar-refractivity contribution in [3.05, 3.63) is 67.1 Å². The van der Waals surface area contributed by atoms with Gasteiger partial charge in [-0.3, -0.25) is 30.6 Å². The number of benzene rings is 2. The van der Waals surface area contributed by atoms with Gasteiger partial charge in [-0.2, -0.15) is 0 Å². The van der Waals surface area contributed by atoms with Crippen molar-refractivity contribution in [2.45, 2.75) is 6.92 Å². The van der Waals surface area contributed by atoms with Gasteiger partial charge < -0.3 is 4.74 Å². The Labute approximate surface area is 161 Å². The first-order chi connectivity index (χ1) is 12.3. The van der Waals surface area contributed by atoms with Crippen LogP contribution in [-0.4, -0.2) is 23.3 Å². The molecular formula is C16H13BrClN3O5. The zero-order valence-corrected chi connectivity index (χ0v) is 15.8. The monoisotopic (exact) mass is 441 g/mol. The molecule has 0 atom stereocenters. The standard InChI is InChI=1S/C16H13BrClN3O5/c1-9-6-11(3-4-12(9)17)26-8-15(22)19-20-16(23)10-2-5-13(18)14(7-10)21(24)25/h2-7H,8H2,1H3,(H,19,22)(H,20,23). The number of amides is 2. The van der Waals surface area contributed by atoms with Gasteiger partial charge in [0.1, 0.15) is 10.8 Å². The molecule has 10 heteroatoms. The lowest BCUT2D eigenvalue weighted by Crippen LogP contribution is -2.43. The fourth-order valence-corrected chi connectivity index (χ4v) is 2.32. The van der Waals surface area contributed by atoms with E-state index in [0.29, 0.717) is 5.75 Å². The molecule has 0 bridgehead atoms. The molecule has 0 aromatic heterocycles. The van der Waals surface area contributed by atoms with Crippen molar-refractivity contribution in [2.75, 3.05) is 6.61 Å². The first kappa shape index (κ1) is 19.7. The van der Waals surface area contributed by atoms with Crippen molar-refractivity contribution in [3.8, 4) is 5.75 Å². The summed E-state index contributed by atoms with van der Waals surface area (Å²) in [4.78, 5) is 33.8. The number of nitrogens with zero attached hydrogens (tertiary/aromatic N) is 1. The van der Waals surface area contributed by atoms with E-state index >= 15 is 0 Å². The number of nitro benzene ring substituents is 1. The topological polar surface area (TPSA) is 111 Å². The Kier molecular flexibility index (Phi) is 6.53. The molecular weight excluding hydrogens is 430 g/mol. The molecule has 2 aromatic carbocycles. The summed E-state index contributed by atoms with van der Waals surface area (Å²) < 4.78 is 6.23. The van der Waals surface area contributed by atoms with Crippen LogP contribution in [0.25, 0.3) is 0 Å². The molecule has 0 aliphatic heterocycles. The van der Waals surface area contributed by atoms with E-state index in [4.69, 9.17) is 16.3 Å².